The van der Waals surface area contributed by atoms with Crippen molar-refractivity contribution in [1.29, 1.82) is 0 Å². The molecule has 0 spiro atoms. The molecule has 0 aliphatic rings. The minimum Gasteiger partial charge on any atom is -0.481 e. The van der Waals surface area contributed by atoms with Gasteiger partial charge in [0, 0.05) is 25.5 Å². The van der Waals surface area contributed by atoms with Gasteiger partial charge in [-0.15, -0.1) is 0 Å². The Hall–Kier alpha value is -2.37. The van der Waals surface area contributed by atoms with Crippen molar-refractivity contribution in [2.75, 3.05) is 13.6 Å². The number of aromatic nitrogens is 2. The van der Waals surface area contributed by atoms with Gasteiger partial charge in [-0.25, -0.2) is 4.98 Å². The number of aliphatic carboxylic acids is 1. The van der Waals surface area contributed by atoms with Gasteiger partial charge < -0.3 is 14.4 Å². The van der Waals surface area contributed by atoms with Crippen LogP contribution >= 0.6 is 0 Å². The van der Waals surface area contributed by atoms with E-state index < -0.39 is 11.9 Å². The van der Waals surface area contributed by atoms with Gasteiger partial charge in [-0.05, 0) is 19.1 Å². The lowest BCUT2D eigenvalue weighted by Crippen LogP contribution is -2.33. The first-order valence-corrected chi connectivity index (χ1v) is 6.33. The zero-order valence-corrected chi connectivity index (χ0v) is 11.7. The van der Waals surface area contributed by atoms with E-state index in [1.54, 1.807) is 20.2 Å². The largest absolute Gasteiger partial charge is 0.481 e. The Labute approximate surface area is 116 Å². The van der Waals surface area contributed by atoms with Gasteiger partial charge in [0.2, 0.25) is 0 Å². The fourth-order valence-electron chi connectivity index (χ4n) is 2.02. The number of carboxylic acid groups (broad SMARTS) is 1. The van der Waals surface area contributed by atoms with Crippen molar-refractivity contribution in [3.63, 3.8) is 0 Å². The predicted octanol–water partition coefficient (Wildman–Crippen LogP) is 1.44. The molecule has 1 atom stereocenters. The van der Waals surface area contributed by atoms with Gasteiger partial charge >= 0.3 is 5.97 Å². The standard InChI is InChI=1S/C14H17N3O3/c1-9(14(19)20)7-16(3)13(18)11-8-17-10(2)5-4-6-12(17)15-11/h4-6,8-9H,7H2,1-3H3,(H,19,20). The van der Waals surface area contributed by atoms with Crippen LogP contribution in [-0.2, 0) is 4.79 Å². The maximum atomic E-state index is 12.2. The Morgan fingerprint density at radius 1 is 1.45 bits per heavy atom. The summed E-state index contributed by atoms with van der Waals surface area (Å²) in [5.41, 5.74) is 2.00. The first kappa shape index (κ1) is 14.0. The summed E-state index contributed by atoms with van der Waals surface area (Å²) in [4.78, 5) is 28.7. The number of rotatable bonds is 4. The lowest BCUT2D eigenvalue weighted by atomic mass is 10.2. The van der Waals surface area contributed by atoms with Gasteiger partial charge in [-0.2, -0.15) is 0 Å². The maximum Gasteiger partial charge on any atom is 0.308 e. The van der Waals surface area contributed by atoms with E-state index in [2.05, 4.69) is 4.98 Å². The van der Waals surface area contributed by atoms with Crippen LogP contribution in [0.3, 0.4) is 0 Å². The van der Waals surface area contributed by atoms with E-state index in [1.165, 1.54) is 4.90 Å². The van der Waals surface area contributed by atoms with E-state index >= 15 is 0 Å². The SMILES string of the molecule is Cc1cccc2nc(C(=O)N(C)CC(C)C(=O)O)cn12. The molecule has 6 heteroatoms. The molecule has 2 rings (SSSR count). The number of hydrogen-bond donors (Lipinski definition) is 1. The molecule has 2 aromatic rings. The number of fused-ring (bicyclic) bond motifs is 1. The Balaban J connectivity index is 2.23. The van der Waals surface area contributed by atoms with Gasteiger partial charge in [0.1, 0.15) is 11.3 Å². The third-order valence-corrected chi connectivity index (χ3v) is 3.23. The molecular formula is C14H17N3O3. The van der Waals surface area contributed by atoms with E-state index in [0.717, 1.165) is 5.69 Å². The number of imidazole rings is 1. The molecule has 0 aromatic carbocycles. The number of aryl methyl sites for hydroxylation is 1. The highest BCUT2D eigenvalue weighted by molar-refractivity contribution is 5.93. The van der Waals surface area contributed by atoms with Gasteiger partial charge in [0.05, 0.1) is 5.92 Å². The number of carbonyl (C=O) groups is 2. The Kier molecular flexibility index (Phi) is 3.74. The quantitative estimate of drug-likeness (QED) is 0.916. The molecule has 2 heterocycles. The third kappa shape index (κ3) is 2.64. The molecule has 1 amide bonds. The van der Waals surface area contributed by atoms with Crippen LogP contribution < -0.4 is 0 Å². The van der Waals surface area contributed by atoms with Crippen LogP contribution in [0, 0.1) is 12.8 Å². The Morgan fingerprint density at radius 3 is 2.75 bits per heavy atom. The molecule has 0 aliphatic carbocycles. The van der Waals surface area contributed by atoms with E-state index in [9.17, 15) is 9.59 Å². The van der Waals surface area contributed by atoms with Crippen LogP contribution in [0.2, 0.25) is 0 Å². The molecule has 0 aliphatic heterocycles. The molecule has 0 saturated carbocycles. The lowest BCUT2D eigenvalue weighted by Gasteiger charge is -2.18. The van der Waals surface area contributed by atoms with Crippen molar-refractivity contribution < 1.29 is 14.7 Å². The summed E-state index contributed by atoms with van der Waals surface area (Å²) in [5, 5.41) is 8.88. The van der Waals surface area contributed by atoms with Crippen molar-refractivity contribution in [2.24, 2.45) is 5.92 Å². The molecule has 0 radical (unpaired) electrons. The van der Waals surface area contributed by atoms with Crippen molar-refractivity contribution in [2.45, 2.75) is 13.8 Å². The summed E-state index contributed by atoms with van der Waals surface area (Å²) in [6, 6.07) is 5.63. The topological polar surface area (TPSA) is 74.9 Å². The van der Waals surface area contributed by atoms with Crippen LogP contribution in [-0.4, -0.2) is 44.9 Å². The Morgan fingerprint density at radius 2 is 2.15 bits per heavy atom. The van der Waals surface area contributed by atoms with Crippen molar-refractivity contribution in [3.8, 4) is 0 Å². The summed E-state index contributed by atoms with van der Waals surface area (Å²) >= 11 is 0. The van der Waals surface area contributed by atoms with E-state index in [1.807, 2.05) is 29.5 Å². The minimum absolute atomic E-state index is 0.154. The summed E-state index contributed by atoms with van der Waals surface area (Å²) in [5.74, 6) is -1.81. The molecule has 20 heavy (non-hydrogen) atoms. The van der Waals surface area contributed by atoms with E-state index in [4.69, 9.17) is 5.11 Å². The number of amides is 1. The highest BCUT2D eigenvalue weighted by Crippen LogP contribution is 2.11. The van der Waals surface area contributed by atoms with Crippen molar-refractivity contribution in [1.82, 2.24) is 14.3 Å². The summed E-state index contributed by atoms with van der Waals surface area (Å²) in [6.45, 7) is 3.65. The summed E-state index contributed by atoms with van der Waals surface area (Å²) in [6.07, 6.45) is 1.68. The van der Waals surface area contributed by atoms with E-state index in [0.29, 0.717) is 11.3 Å². The van der Waals surface area contributed by atoms with Gasteiger partial charge in [-0.1, -0.05) is 13.0 Å². The average molecular weight is 275 g/mol. The molecule has 1 unspecified atom stereocenters. The van der Waals surface area contributed by atoms with Crippen LogP contribution in [0.1, 0.15) is 23.1 Å². The predicted molar refractivity (Wildman–Crippen MR) is 73.7 cm³/mol. The zero-order valence-electron chi connectivity index (χ0n) is 11.7. The van der Waals surface area contributed by atoms with Crippen molar-refractivity contribution >= 4 is 17.5 Å². The zero-order chi connectivity index (χ0) is 14.9. The Bertz CT molecular complexity index is 663. The smallest absolute Gasteiger partial charge is 0.308 e. The fourth-order valence-corrected chi connectivity index (χ4v) is 2.02. The summed E-state index contributed by atoms with van der Waals surface area (Å²) in [7, 11) is 1.58. The maximum absolute atomic E-state index is 12.2. The lowest BCUT2D eigenvalue weighted by molar-refractivity contribution is -0.141. The molecule has 106 valence electrons. The van der Waals surface area contributed by atoms with Gasteiger partial charge in [0.15, 0.2) is 0 Å². The number of hydrogen-bond acceptors (Lipinski definition) is 3. The van der Waals surface area contributed by atoms with E-state index in [-0.39, 0.29) is 12.5 Å². The fraction of sp³-hybridized carbons (Fsp3) is 0.357. The molecule has 0 saturated heterocycles. The second-order valence-electron chi connectivity index (χ2n) is 4.95. The second-order valence-corrected chi connectivity index (χ2v) is 4.95. The van der Waals surface area contributed by atoms with Gasteiger partial charge in [-0.3, -0.25) is 9.59 Å². The molecule has 0 fully saturated rings. The summed E-state index contributed by atoms with van der Waals surface area (Å²) < 4.78 is 1.84. The number of carboxylic acids is 1. The van der Waals surface area contributed by atoms with Crippen LogP contribution in [0.4, 0.5) is 0 Å². The molecule has 0 bridgehead atoms. The number of pyridine rings is 1. The normalized spacial score (nSPS) is 12.3. The van der Waals surface area contributed by atoms with Crippen LogP contribution in [0.25, 0.3) is 5.65 Å². The minimum atomic E-state index is -0.921. The highest BCUT2D eigenvalue weighted by Gasteiger charge is 2.20. The first-order valence-electron chi connectivity index (χ1n) is 6.33. The molecule has 1 N–H and O–H groups in total. The molecular weight excluding hydrogens is 258 g/mol. The third-order valence-electron chi connectivity index (χ3n) is 3.23. The monoisotopic (exact) mass is 275 g/mol. The molecule has 2 aromatic heterocycles. The average Bonchev–Trinajstić information content (AvgIpc) is 2.83. The highest BCUT2D eigenvalue weighted by atomic mass is 16.4. The van der Waals surface area contributed by atoms with Crippen LogP contribution in [0.15, 0.2) is 24.4 Å². The first-order chi connectivity index (χ1) is 9.40. The van der Waals surface area contributed by atoms with Crippen molar-refractivity contribution in [3.05, 3.63) is 35.8 Å². The number of carbonyl (C=O) groups excluding carboxylic acids is 1. The van der Waals surface area contributed by atoms with Gasteiger partial charge in [0.25, 0.3) is 5.91 Å². The number of nitrogens with zero attached hydrogens (tertiary/aromatic N) is 3. The van der Waals surface area contributed by atoms with Crippen LogP contribution in [0.5, 0.6) is 0 Å². The second kappa shape index (κ2) is 5.32. The molecule has 6 nitrogen and oxygen atoms in total.